The average molecular weight is 333 g/mol. The molecule has 1 saturated heterocycles. The number of likely N-dealkylation sites (tertiary alicyclic amines) is 1. The summed E-state index contributed by atoms with van der Waals surface area (Å²) in [5, 5.41) is 10.9. The minimum Gasteiger partial charge on any atom is -0.366 e. The van der Waals surface area contributed by atoms with Crippen molar-refractivity contribution in [1.82, 2.24) is 20.1 Å². The molecule has 2 N–H and O–H groups in total. The van der Waals surface area contributed by atoms with Crippen LogP contribution in [0.3, 0.4) is 0 Å². The van der Waals surface area contributed by atoms with Gasteiger partial charge in [-0.25, -0.2) is 4.98 Å². The van der Waals surface area contributed by atoms with Crippen LogP contribution in [0.2, 0.25) is 0 Å². The number of aromatic nitrogens is 3. The fraction of sp³-hybridized carbons (Fsp3) is 0.300. The first-order valence-electron chi connectivity index (χ1n) is 8.75. The Morgan fingerprint density at radius 1 is 1.24 bits per heavy atom. The highest BCUT2D eigenvalue weighted by Crippen LogP contribution is 2.33. The highest BCUT2D eigenvalue weighted by molar-refractivity contribution is 5.68. The van der Waals surface area contributed by atoms with E-state index in [1.165, 1.54) is 23.2 Å². The number of hydrogen-bond acceptors (Lipinski definition) is 4. The summed E-state index contributed by atoms with van der Waals surface area (Å²) in [5.41, 5.74) is 4.83. The molecule has 5 heteroatoms. The average Bonchev–Trinajstić information content (AvgIpc) is 3.30. The van der Waals surface area contributed by atoms with E-state index >= 15 is 0 Å². The Hall–Kier alpha value is -2.66. The summed E-state index contributed by atoms with van der Waals surface area (Å²) in [6.45, 7) is 2.99. The number of rotatable bonds is 5. The van der Waals surface area contributed by atoms with Crippen molar-refractivity contribution in [1.29, 1.82) is 0 Å². The lowest BCUT2D eigenvalue weighted by atomic mass is 9.97. The van der Waals surface area contributed by atoms with Crippen molar-refractivity contribution in [3.8, 4) is 11.1 Å². The fourth-order valence-electron chi connectivity index (χ4n) is 3.49. The molecule has 128 valence electrons. The highest BCUT2D eigenvalue weighted by Gasteiger charge is 2.25. The van der Waals surface area contributed by atoms with E-state index in [1.807, 2.05) is 18.5 Å². The van der Waals surface area contributed by atoms with Crippen molar-refractivity contribution in [2.75, 3.05) is 25.5 Å². The molecule has 1 aliphatic rings. The van der Waals surface area contributed by atoms with Gasteiger partial charge in [0.1, 0.15) is 5.82 Å². The largest absolute Gasteiger partial charge is 0.366 e. The number of benzene rings is 1. The Morgan fingerprint density at radius 3 is 2.92 bits per heavy atom. The fourth-order valence-corrected chi connectivity index (χ4v) is 3.49. The first kappa shape index (κ1) is 15.8. The second kappa shape index (κ2) is 7.07. The monoisotopic (exact) mass is 333 g/mol. The normalized spacial score (nSPS) is 17.7. The van der Waals surface area contributed by atoms with Gasteiger partial charge < -0.3 is 10.2 Å². The zero-order valence-electron chi connectivity index (χ0n) is 14.4. The van der Waals surface area contributed by atoms with Gasteiger partial charge in [0.25, 0.3) is 0 Å². The van der Waals surface area contributed by atoms with Crippen LogP contribution in [0.4, 0.5) is 5.82 Å². The molecule has 0 radical (unpaired) electrons. The summed E-state index contributed by atoms with van der Waals surface area (Å²) < 4.78 is 0. The number of pyridine rings is 1. The molecule has 4 rings (SSSR count). The molecular weight excluding hydrogens is 310 g/mol. The van der Waals surface area contributed by atoms with Gasteiger partial charge in [-0.15, -0.1) is 0 Å². The van der Waals surface area contributed by atoms with Gasteiger partial charge in [0.15, 0.2) is 0 Å². The summed E-state index contributed by atoms with van der Waals surface area (Å²) in [6.07, 6.45) is 4.97. The predicted octanol–water partition coefficient (Wildman–Crippen LogP) is 3.50. The molecule has 0 aliphatic carbocycles. The van der Waals surface area contributed by atoms with E-state index < -0.39 is 0 Å². The Balaban J connectivity index is 1.53. The Labute approximate surface area is 148 Å². The highest BCUT2D eigenvalue weighted by atomic mass is 15.1. The van der Waals surface area contributed by atoms with E-state index in [1.54, 1.807) is 0 Å². The van der Waals surface area contributed by atoms with Crippen LogP contribution in [-0.4, -0.2) is 40.2 Å². The summed E-state index contributed by atoms with van der Waals surface area (Å²) >= 11 is 0. The maximum absolute atomic E-state index is 4.45. The van der Waals surface area contributed by atoms with Crippen LogP contribution in [0.15, 0.2) is 54.9 Å². The zero-order valence-corrected chi connectivity index (χ0v) is 14.4. The molecule has 0 unspecified atom stereocenters. The van der Waals surface area contributed by atoms with Crippen molar-refractivity contribution in [2.24, 2.45) is 0 Å². The molecule has 3 heterocycles. The topological polar surface area (TPSA) is 56.8 Å². The predicted molar refractivity (Wildman–Crippen MR) is 100 cm³/mol. The van der Waals surface area contributed by atoms with Crippen molar-refractivity contribution in [3.63, 3.8) is 0 Å². The SMILES string of the molecule is CN1CC[C@@H](c2[nH]ncc2-c2ccnc(NCc3ccccc3)c2)C1. The third kappa shape index (κ3) is 3.56. The number of anilines is 1. The molecule has 5 nitrogen and oxygen atoms in total. The van der Waals surface area contributed by atoms with E-state index in [0.29, 0.717) is 5.92 Å². The molecule has 25 heavy (non-hydrogen) atoms. The van der Waals surface area contributed by atoms with E-state index in [2.05, 4.69) is 68.8 Å². The van der Waals surface area contributed by atoms with Gasteiger partial charge in [-0.1, -0.05) is 30.3 Å². The van der Waals surface area contributed by atoms with Gasteiger partial charge in [0.2, 0.25) is 0 Å². The molecular formula is C20H23N5. The van der Waals surface area contributed by atoms with E-state index in [9.17, 15) is 0 Å². The first-order valence-corrected chi connectivity index (χ1v) is 8.75. The molecule has 0 bridgehead atoms. The number of likely N-dealkylation sites (N-methyl/N-ethyl adjacent to an activating group) is 1. The van der Waals surface area contributed by atoms with Crippen LogP contribution >= 0.6 is 0 Å². The minimum absolute atomic E-state index is 0.524. The van der Waals surface area contributed by atoms with Crippen LogP contribution in [0.5, 0.6) is 0 Å². The van der Waals surface area contributed by atoms with Gasteiger partial charge in [-0.2, -0.15) is 5.10 Å². The maximum Gasteiger partial charge on any atom is 0.126 e. The molecule has 3 aromatic rings. The lowest BCUT2D eigenvalue weighted by Crippen LogP contribution is -2.13. The quantitative estimate of drug-likeness (QED) is 0.750. The minimum atomic E-state index is 0.524. The van der Waals surface area contributed by atoms with Gasteiger partial charge in [0.05, 0.1) is 6.20 Å². The van der Waals surface area contributed by atoms with Gasteiger partial charge in [-0.05, 0) is 43.3 Å². The Bertz CT molecular complexity index is 827. The van der Waals surface area contributed by atoms with Crippen molar-refractivity contribution >= 4 is 5.82 Å². The third-order valence-corrected chi connectivity index (χ3v) is 4.86. The van der Waals surface area contributed by atoms with E-state index in [4.69, 9.17) is 0 Å². The summed E-state index contributed by atoms with van der Waals surface area (Å²) in [4.78, 5) is 6.82. The van der Waals surface area contributed by atoms with Crippen LogP contribution in [0, 0.1) is 0 Å². The molecule has 1 aliphatic heterocycles. The summed E-state index contributed by atoms with van der Waals surface area (Å²) in [5.74, 6) is 1.41. The standard InChI is InChI=1S/C20H23N5/c1-25-10-8-17(14-25)20-18(13-23-24-20)16-7-9-21-19(11-16)22-12-15-5-3-2-4-6-15/h2-7,9,11,13,17H,8,10,12,14H2,1H3,(H,21,22)(H,23,24)/t17-/m1/s1. The second-order valence-electron chi connectivity index (χ2n) is 6.71. The van der Waals surface area contributed by atoms with Gasteiger partial charge >= 0.3 is 0 Å². The van der Waals surface area contributed by atoms with Crippen LogP contribution in [0.1, 0.15) is 23.6 Å². The molecule has 0 amide bonds. The van der Waals surface area contributed by atoms with Crippen molar-refractivity contribution in [3.05, 3.63) is 66.1 Å². The first-order chi connectivity index (χ1) is 12.3. The summed E-state index contributed by atoms with van der Waals surface area (Å²) in [7, 11) is 2.17. The zero-order chi connectivity index (χ0) is 17.1. The number of nitrogens with zero attached hydrogens (tertiary/aromatic N) is 3. The number of aromatic amines is 1. The van der Waals surface area contributed by atoms with Gasteiger partial charge in [-0.3, -0.25) is 5.10 Å². The molecule has 0 spiro atoms. The lowest BCUT2D eigenvalue weighted by Gasteiger charge is -2.12. The lowest BCUT2D eigenvalue weighted by molar-refractivity contribution is 0.411. The Kier molecular flexibility index (Phi) is 4.48. The molecule has 2 aromatic heterocycles. The molecule has 1 fully saturated rings. The number of nitrogens with one attached hydrogen (secondary N) is 2. The van der Waals surface area contributed by atoms with Crippen molar-refractivity contribution in [2.45, 2.75) is 18.9 Å². The molecule has 1 atom stereocenters. The Morgan fingerprint density at radius 2 is 2.12 bits per heavy atom. The van der Waals surface area contributed by atoms with Crippen LogP contribution in [0.25, 0.3) is 11.1 Å². The van der Waals surface area contributed by atoms with Gasteiger partial charge in [0, 0.05) is 36.5 Å². The number of H-pyrrole nitrogens is 1. The smallest absolute Gasteiger partial charge is 0.126 e. The maximum atomic E-state index is 4.45. The van der Waals surface area contributed by atoms with Crippen LogP contribution < -0.4 is 5.32 Å². The van der Waals surface area contributed by atoms with E-state index in [-0.39, 0.29) is 0 Å². The summed E-state index contributed by atoms with van der Waals surface area (Å²) in [6, 6.07) is 14.5. The number of hydrogen-bond donors (Lipinski definition) is 2. The second-order valence-corrected chi connectivity index (χ2v) is 6.71. The van der Waals surface area contributed by atoms with Crippen molar-refractivity contribution < 1.29 is 0 Å². The third-order valence-electron chi connectivity index (χ3n) is 4.86. The molecule has 0 saturated carbocycles. The molecule has 1 aromatic carbocycles. The van der Waals surface area contributed by atoms with E-state index in [0.717, 1.165) is 31.0 Å². The van der Waals surface area contributed by atoms with Crippen LogP contribution in [-0.2, 0) is 6.54 Å².